The molecule has 0 spiro atoms. The molecule has 0 radical (unpaired) electrons. The van der Waals surface area contributed by atoms with Crippen LogP contribution in [0.5, 0.6) is 0 Å². The number of halogens is 5. The third kappa shape index (κ3) is 2.82. The normalized spacial score (nSPS) is 11.4. The van der Waals surface area contributed by atoms with E-state index < -0.39 is 22.6 Å². The van der Waals surface area contributed by atoms with Gasteiger partial charge < -0.3 is 0 Å². The van der Waals surface area contributed by atoms with E-state index in [2.05, 4.69) is 0 Å². The molecule has 0 unspecified atom stereocenters. The van der Waals surface area contributed by atoms with Crippen molar-refractivity contribution in [1.82, 2.24) is 0 Å². The molecule has 0 aromatic heterocycles. The predicted molar refractivity (Wildman–Crippen MR) is 67.2 cm³/mol. The molecule has 0 N–H and O–H groups in total. The molecule has 0 saturated carbocycles. The van der Waals surface area contributed by atoms with E-state index in [4.69, 9.17) is 11.6 Å². The van der Waals surface area contributed by atoms with Gasteiger partial charge in [0, 0.05) is 11.1 Å². The smallest absolute Gasteiger partial charge is 0.298 e. The molecule has 0 fully saturated rings. The second-order valence-corrected chi connectivity index (χ2v) is 4.46. The number of hydrogen-bond acceptors (Lipinski definition) is 1. The Labute approximate surface area is 116 Å². The van der Waals surface area contributed by atoms with Gasteiger partial charge >= 0.3 is 6.18 Å². The van der Waals surface area contributed by atoms with E-state index >= 15 is 0 Å². The zero-order valence-corrected chi connectivity index (χ0v) is 10.6. The molecule has 0 aliphatic heterocycles. The van der Waals surface area contributed by atoms with Crippen LogP contribution in [0.2, 0.25) is 5.02 Å². The summed E-state index contributed by atoms with van der Waals surface area (Å²) in [6, 6.07) is 6.72. The van der Waals surface area contributed by atoms with Crippen molar-refractivity contribution in [3.63, 3.8) is 0 Å². The lowest BCUT2D eigenvalue weighted by Crippen LogP contribution is -2.06. The minimum absolute atomic E-state index is 0.209. The monoisotopic (exact) mass is 302 g/mol. The average molecular weight is 303 g/mol. The quantitative estimate of drug-likeness (QED) is 0.565. The summed E-state index contributed by atoms with van der Waals surface area (Å²) in [5.41, 5.74) is -0.742. The van der Waals surface area contributed by atoms with E-state index in [9.17, 15) is 22.4 Å². The van der Waals surface area contributed by atoms with E-state index in [1.165, 1.54) is 24.3 Å². The SMILES string of the molecule is O=Cc1ccc(-c2cc(C(F)(F)F)cc(Cl)c2F)cc1. The highest BCUT2D eigenvalue weighted by Crippen LogP contribution is 2.36. The van der Waals surface area contributed by atoms with Crippen molar-refractivity contribution in [3.8, 4) is 11.1 Å². The highest BCUT2D eigenvalue weighted by atomic mass is 35.5. The summed E-state index contributed by atoms with van der Waals surface area (Å²) in [5, 5.41) is -0.603. The van der Waals surface area contributed by atoms with Crippen LogP contribution in [-0.4, -0.2) is 6.29 Å². The van der Waals surface area contributed by atoms with Gasteiger partial charge in [-0.05, 0) is 17.7 Å². The first-order valence-corrected chi connectivity index (χ1v) is 5.82. The van der Waals surface area contributed by atoms with Crippen LogP contribution in [0.4, 0.5) is 17.6 Å². The predicted octanol–water partition coefficient (Wildman–Crippen LogP) is 4.98. The molecule has 0 amide bonds. The van der Waals surface area contributed by atoms with Crippen LogP contribution in [0.25, 0.3) is 11.1 Å². The molecule has 0 aliphatic rings. The van der Waals surface area contributed by atoms with Crippen molar-refractivity contribution in [3.05, 3.63) is 58.4 Å². The van der Waals surface area contributed by atoms with Crippen molar-refractivity contribution in [2.75, 3.05) is 0 Å². The van der Waals surface area contributed by atoms with Gasteiger partial charge in [0.05, 0.1) is 10.6 Å². The molecule has 2 aromatic carbocycles. The Morgan fingerprint density at radius 1 is 1.05 bits per heavy atom. The summed E-state index contributed by atoms with van der Waals surface area (Å²) in [6.45, 7) is 0. The molecule has 6 heteroatoms. The summed E-state index contributed by atoms with van der Waals surface area (Å²) >= 11 is 5.50. The van der Waals surface area contributed by atoms with Crippen LogP contribution < -0.4 is 0 Å². The fourth-order valence-corrected chi connectivity index (χ4v) is 1.92. The zero-order chi connectivity index (χ0) is 14.9. The Balaban J connectivity index is 2.60. The van der Waals surface area contributed by atoms with E-state index in [1.807, 2.05) is 0 Å². The fraction of sp³-hybridized carbons (Fsp3) is 0.0714. The van der Waals surface area contributed by atoms with Gasteiger partial charge in [0.1, 0.15) is 12.1 Å². The highest BCUT2D eigenvalue weighted by Gasteiger charge is 2.32. The molecule has 0 aliphatic carbocycles. The van der Waals surface area contributed by atoms with Crippen molar-refractivity contribution >= 4 is 17.9 Å². The molecule has 0 saturated heterocycles. The van der Waals surface area contributed by atoms with Gasteiger partial charge in [-0.15, -0.1) is 0 Å². The molecule has 1 nitrogen and oxygen atoms in total. The van der Waals surface area contributed by atoms with Crippen LogP contribution in [0.3, 0.4) is 0 Å². The summed E-state index contributed by atoms with van der Waals surface area (Å²) in [6.07, 6.45) is -4.03. The number of carbonyl (C=O) groups excluding carboxylic acids is 1. The maximum Gasteiger partial charge on any atom is 0.416 e. The lowest BCUT2D eigenvalue weighted by molar-refractivity contribution is -0.137. The Morgan fingerprint density at radius 3 is 2.15 bits per heavy atom. The summed E-state index contributed by atoms with van der Waals surface area (Å²) in [4.78, 5) is 10.5. The topological polar surface area (TPSA) is 17.1 Å². The molecule has 0 bridgehead atoms. The lowest BCUT2D eigenvalue weighted by Gasteiger charge is -2.11. The number of hydrogen-bond donors (Lipinski definition) is 0. The maximum atomic E-state index is 13.9. The third-order valence-electron chi connectivity index (χ3n) is 2.71. The van der Waals surface area contributed by atoms with Crippen molar-refractivity contribution in [2.45, 2.75) is 6.18 Å². The van der Waals surface area contributed by atoms with Gasteiger partial charge in [-0.3, -0.25) is 4.79 Å². The Bertz CT molecular complexity index is 647. The Hall–Kier alpha value is -1.88. The van der Waals surface area contributed by atoms with Crippen molar-refractivity contribution in [1.29, 1.82) is 0 Å². The van der Waals surface area contributed by atoms with Crippen molar-refractivity contribution in [2.24, 2.45) is 0 Å². The summed E-state index contributed by atoms with van der Waals surface area (Å²) in [7, 11) is 0. The molecule has 0 heterocycles. The number of aldehydes is 1. The molecule has 2 rings (SSSR count). The molecular weight excluding hydrogens is 296 g/mol. The number of carbonyl (C=O) groups is 1. The second-order valence-electron chi connectivity index (χ2n) is 4.06. The maximum absolute atomic E-state index is 13.9. The van der Waals surface area contributed by atoms with Gasteiger partial charge in [-0.1, -0.05) is 35.9 Å². The fourth-order valence-electron chi connectivity index (χ4n) is 1.70. The van der Waals surface area contributed by atoms with Crippen LogP contribution >= 0.6 is 11.6 Å². The average Bonchev–Trinajstić information content (AvgIpc) is 2.40. The molecular formula is C14H7ClF4O. The molecule has 104 valence electrons. The highest BCUT2D eigenvalue weighted by molar-refractivity contribution is 6.31. The number of alkyl halides is 3. The number of benzene rings is 2. The van der Waals surface area contributed by atoms with Crippen LogP contribution in [0, 0.1) is 5.82 Å². The van der Waals surface area contributed by atoms with Gasteiger partial charge in [0.15, 0.2) is 0 Å². The first-order chi connectivity index (χ1) is 9.32. The van der Waals surface area contributed by atoms with Gasteiger partial charge in [0.2, 0.25) is 0 Å². The standard InChI is InChI=1S/C14H7ClF4O/c15-12-6-10(14(17,18)19)5-11(13(12)16)9-3-1-8(7-20)2-4-9/h1-7H. The molecule has 2 aromatic rings. The third-order valence-corrected chi connectivity index (χ3v) is 2.99. The minimum Gasteiger partial charge on any atom is -0.298 e. The van der Waals surface area contributed by atoms with E-state index in [-0.39, 0.29) is 11.1 Å². The van der Waals surface area contributed by atoms with Crippen molar-refractivity contribution < 1.29 is 22.4 Å². The first kappa shape index (κ1) is 14.5. The molecule has 0 atom stereocenters. The summed E-state index contributed by atoms with van der Waals surface area (Å²) < 4.78 is 51.9. The van der Waals surface area contributed by atoms with E-state index in [0.29, 0.717) is 24.0 Å². The van der Waals surface area contributed by atoms with E-state index in [0.717, 1.165) is 0 Å². The Morgan fingerprint density at radius 2 is 1.65 bits per heavy atom. The van der Waals surface area contributed by atoms with E-state index in [1.54, 1.807) is 0 Å². The second kappa shape index (κ2) is 5.25. The summed E-state index contributed by atoms with van der Waals surface area (Å²) in [5.74, 6) is -0.932. The van der Waals surface area contributed by atoms with Crippen LogP contribution in [0.15, 0.2) is 36.4 Å². The first-order valence-electron chi connectivity index (χ1n) is 5.45. The van der Waals surface area contributed by atoms with Crippen LogP contribution in [0.1, 0.15) is 15.9 Å². The Kier molecular flexibility index (Phi) is 3.81. The molecule has 20 heavy (non-hydrogen) atoms. The van der Waals surface area contributed by atoms with Crippen LogP contribution in [-0.2, 0) is 6.18 Å². The van der Waals surface area contributed by atoms with Gasteiger partial charge in [-0.25, -0.2) is 4.39 Å². The largest absolute Gasteiger partial charge is 0.416 e. The minimum atomic E-state index is -4.62. The lowest BCUT2D eigenvalue weighted by atomic mass is 10.0. The number of rotatable bonds is 2. The van der Waals surface area contributed by atoms with Gasteiger partial charge in [-0.2, -0.15) is 13.2 Å². The zero-order valence-electron chi connectivity index (χ0n) is 9.84. The van der Waals surface area contributed by atoms with Gasteiger partial charge in [0.25, 0.3) is 0 Å².